The third-order valence-electron chi connectivity index (χ3n) is 2.84. The highest BCUT2D eigenvalue weighted by Crippen LogP contribution is 2.25. The minimum Gasteiger partial charge on any atom is -0.346 e. The summed E-state index contributed by atoms with van der Waals surface area (Å²) in [5.74, 6) is -0.0645. The minimum absolute atomic E-state index is 0.0645. The van der Waals surface area contributed by atoms with Gasteiger partial charge in [0, 0.05) is 16.8 Å². The van der Waals surface area contributed by atoms with Crippen LogP contribution in [0.5, 0.6) is 0 Å². The van der Waals surface area contributed by atoms with E-state index >= 15 is 0 Å². The van der Waals surface area contributed by atoms with E-state index in [1.54, 1.807) is 0 Å². The van der Waals surface area contributed by atoms with Crippen LogP contribution in [0.2, 0.25) is 0 Å². The Morgan fingerprint density at radius 3 is 2.65 bits per heavy atom. The molecular formula is C15H22N2O3. The Morgan fingerprint density at radius 2 is 2.00 bits per heavy atom. The molecule has 1 fully saturated rings. The van der Waals surface area contributed by atoms with E-state index in [4.69, 9.17) is 9.47 Å². The predicted molar refractivity (Wildman–Crippen MR) is 77.5 cm³/mol. The summed E-state index contributed by atoms with van der Waals surface area (Å²) in [6, 6.07) is 7.55. The van der Waals surface area contributed by atoms with Gasteiger partial charge in [-0.25, -0.2) is 0 Å². The van der Waals surface area contributed by atoms with Crippen molar-refractivity contribution in [3.63, 3.8) is 0 Å². The van der Waals surface area contributed by atoms with E-state index in [2.05, 4.69) is 10.6 Å². The zero-order valence-electron chi connectivity index (χ0n) is 12.2. The van der Waals surface area contributed by atoms with Crippen molar-refractivity contribution in [2.24, 2.45) is 0 Å². The number of ether oxygens (including phenoxy) is 2. The average molecular weight is 278 g/mol. The fourth-order valence-electron chi connectivity index (χ4n) is 1.86. The number of hydrogen-bond donors (Lipinski definition) is 2. The number of amides is 1. The molecule has 20 heavy (non-hydrogen) atoms. The molecule has 0 spiro atoms. The molecule has 1 aliphatic heterocycles. The fraction of sp³-hybridized carbons (Fsp3) is 0.533. The van der Waals surface area contributed by atoms with E-state index in [0.717, 1.165) is 11.3 Å². The molecule has 1 saturated heterocycles. The number of carbonyl (C=O) groups is 1. The molecule has 0 atom stereocenters. The highest BCUT2D eigenvalue weighted by Gasteiger charge is 2.18. The molecule has 1 heterocycles. The SMILES string of the molecule is CC(C)(C)NCC(=O)Nc1cccc(C2OCCO2)c1. The monoisotopic (exact) mass is 278 g/mol. The van der Waals surface area contributed by atoms with Crippen LogP contribution in [0, 0.1) is 0 Å². The molecule has 2 rings (SSSR count). The number of anilines is 1. The maximum absolute atomic E-state index is 11.9. The van der Waals surface area contributed by atoms with Gasteiger partial charge in [-0.05, 0) is 32.9 Å². The van der Waals surface area contributed by atoms with Crippen LogP contribution in [0.4, 0.5) is 5.69 Å². The summed E-state index contributed by atoms with van der Waals surface area (Å²) in [7, 11) is 0. The van der Waals surface area contributed by atoms with Gasteiger partial charge in [-0.3, -0.25) is 4.79 Å². The van der Waals surface area contributed by atoms with Crippen molar-refractivity contribution in [1.82, 2.24) is 5.32 Å². The van der Waals surface area contributed by atoms with Gasteiger partial charge in [0.1, 0.15) is 0 Å². The lowest BCUT2D eigenvalue weighted by Gasteiger charge is -2.20. The first-order chi connectivity index (χ1) is 9.44. The average Bonchev–Trinajstić information content (AvgIpc) is 2.90. The number of hydrogen-bond acceptors (Lipinski definition) is 4. The first-order valence-corrected chi connectivity index (χ1v) is 6.82. The van der Waals surface area contributed by atoms with Crippen LogP contribution in [0.3, 0.4) is 0 Å². The summed E-state index contributed by atoms with van der Waals surface area (Å²) in [5, 5.41) is 6.02. The van der Waals surface area contributed by atoms with E-state index in [9.17, 15) is 4.79 Å². The third kappa shape index (κ3) is 4.59. The molecule has 0 saturated carbocycles. The Hall–Kier alpha value is -1.43. The van der Waals surface area contributed by atoms with Gasteiger partial charge in [-0.1, -0.05) is 12.1 Å². The van der Waals surface area contributed by atoms with Crippen molar-refractivity contribution >= 4 is 11.6 Å². The van der Waals surface area contributed by atoms with Crippen molar-refractivity contribution < 1.29 is 14.3 Å². The summed E-state index contributed by atoms with van der Waals surface area (Å²) in [4.78, 5) is 11.9. The molecule has 0 radical (unpaired) electrons. The topological polar surface area (TPSA) is 59.6 Å². The third-order valence-corrected chi connectivity index (χ3v) is 2.84. The molecule has 1 amide bonds. The number of benzene rings is 1. The first kappa shape index (κ1) is 15.0. The van der Waals surface area contributed by atoms with Gasteiger partial charge < -0.3 is 20.1 Å². The van der Waals surface area contributed by atoms with Crippen LogP contribution >= 0.6 is 0 Å². The molecule has 0 bridgehead atoms. The van der Waals surface area contributed by atoms with Crippen LogP contribution in [0.15, 0.2) is 24.3 Å². The van der Waals surface area contributed by atoms with Gasteiger partial charge >= 0.3 is 0 Å². The molecule has 1 aromatic carbocycles. The van der Waals surface area contributed by atoms with Gasteiger partial charge in [-0.2, -0.15) is 0 Å². The Labute approximate surface area is 119 Å². The lowest BCUT2D eigenvalue weighted by molar-refractivity contribution is -0.115. The molecule has 0 aromatic heterocycles. The Morgan fingerprint density at radius 1 is 1.30 bits per heavy atom. The predicted octanol–water partition coefficient (Wildman–Crippen LogP) is 2.06. The summed E-state index contributed by atoms with van der Waals surface area (Å²) >= 11 is 0. The molecule has 5 heteroatoms. The minimum atomic E-state index is -0.320. The summed E-state index contributed by atoms with van der Waals surface area (Å²) in [6.45, 7) is 7.57. The van der Waals surface area contributed by atoms with E-state index < -0.39 is 0 Å². The maximum Gasteiger partial charge on any atom is 0.238 e. The smallest absolute Gasteiger partial charge is 0.238 e. The summed E-state index contributed by atoms with van der Waals surface area (Å²) in [6.07, 6.45) is -0.320. The van der Waals surface area contributed by atoms with Crippen LogP contribution in [0.1, 0.15) is 32.6 Å². The molecular weight excluding hydrogens is 256 g/mol. The zero-order chi connectivity index (χ0) is 14.6. The molecule has 2 N–H and O–H groups in total. The van der Waals surface area contributed by atoms with Gasteiger partial charge in [0.2, 0.25) is 5.91 Å². The van der Waals surface area contributed by atoms with Crippen molar-refractivity contribution in [1.29, 1.82) is 0 Å². The second-order valence-electron chi connectivity index (χ2n) is 5.85. The summed E-state index contributed by atoms with van der Waals surface area (Å²) in [5.41, 5.74) is 1.59. The Kier molecular flexibility index (Phi) is 4.75. The van der Waals surface area contributed by atoms with Gasteiger partial charge in [0.25, 0.3) is 0 Å². The van der Waals surface area contributed by atoms with E-state index in [-0.39, 0.29) is 24.3 Å². The highest BCUT2D eigenvalue weighted by molar-refractivity contribution is 5.92. The zero-order valence-corrected chi connectivity index (χ0v) is 12.2. The van der Waals surface area contributed by atoms with Crippen molar-refractivity contribution in [3.05, 3.63) is 29.8 Å². The van der Waals surface area contributed by atoms with Gasteiger partial charge in [-0.15, -0.1) is 0 Å². The van der Waals surface area contributed by atoms with Crippen LogP contribution < -0.4 is 10.6 Å². The quantitative estimate of drug-likeness (QED) is 0.885. The molecule has 0 aliphatic carbocycles. The fourth-order valence-corrected chi connectivity index (χ4v) is 1.86. The molecule has 110 valence electrons. The number of rotatable bonds is 4. The van der Waals surface area contributed by atoms with Crippen LogP contribution in [0.25, 0.3) is 0 Å². The molecule has 5 nitrogen and oxygen atoms in total. The second kappa shape index (κ2) is 6.35. The summed E-state index contributed by atoms with van der Waals surface area (Å²) < 4.78 is 10.9. The number of nitrogens with one attached hydrogen (secondary N) is 2. The standard InChI is InChI=1S/C15H22N2O3/c1-15(2,3)16-10-13(18)17-12-6-4-5-11(9-12)14-19-7-8-20-14/h4-6,9,14,16H,7-8,10H2,1-3H3,(H,17,18). The van der Waals surface area contributed by atoms with E-state index in [1.165, 1.54) is 0 Å². The van der Waals surface area contributed by atoms with E-state index in [0.29, 0.717) is 13.2 Å². The highest BCUT2D eigenvalue weighted by atomic mass is 16.7. The normalized spacial score (nSPS) is 16.4. The van der Waals surface area contributed by atoms with Crippen molar-refractivity contribution in [2.75, 3.05) is 25.1 Å². The second-order valence-corrected chi connectivity index (χ2v) is 5.85. The lowest BCUT2D eigenvalue weighted by Crippen LogP contribution is -2.41. The molecule has 1 aliphatic rings. The van der Waals surface area contributed by atoms with Crippen molar-refractivity contribution in [2.45, 2.75) is 32.6 Å². The molecule has 0 unspecified atom stereocenters. The largest absolute Gasteiger partial charge is 0.346 e. The van der Waals surface area contributed by atoms with Gasteiger partial charge in [0.05, 0.1) is 19.8 Å². The van der Waals surface area contributed by atoms with Crippen LogP contribution in [-0.4, -0.2) is 31.2 Å². The van der Waals surface area contributed by atoms with Crippen molar-refractivity contribution in [3.8, 4) is 0 Å². The lowest BCUT2D eigenvalue weighted by atomic mass is 10.1. The van der Waals surface area contributed by atoms with Gasteiger partial charge in [0.15, 0.2) is 6.29 Å². The Bertz CT molecular complexity index is 462. The number of carbonyl (C=O) groups excluding carboxylic acids is 1. The Balaban J connectivity index is 1.92. The van der Waals surface area contributed by atoms with Crippen LogP contribution in [-0.2, 0) is 14.3 Å². The molecule has 1 aromatic rings. The first-order valence-electron chi connectivity index (χ1n) is 6.82. The van der Waals surface area contributed by atoms with E-state index in [1.807, 2.05) is 45.0 Å². The maximum atomic E-state index is 11.9.